The number of fused-ring (bicyclic) bond motifs is 4. The molecule has 6 heteroatoms. The molecule has 1 aliphatic rings. The number of aromatic nitrogens is 2. The molecule has 0 N–H and O–H groups in total. The number of rotatable bonds is 5. The van der Waals surface area contributed by atoms with Gasteiger partial charge in [0.2, 0.25) is 0 Å². The number of benzene rings is 5. The summed E-state index contributed by atoms with van der Waals surface area (Å²) in [5, 5.41) is 2.25. The van der Waals surface area contributed by atoms with Crippen LogP contribution in [0.1, 0.15) is 90.1 Å². The van der Waals surface area contributed by atoms with E-state index in [1.54, 1.807) is 0 Å². The molecule has 2 aromatic heterocycles. The summed E-state index contributed by atoms with van der Waals surface area (Å²) in [4.78, 5) is 9.42. The number of para-hydroxylation sites is 1. The van der Waals surface area contributed by atoms with Gasteiger partial charge in [0.25, 0.3) is 0 Å². The SMILES string of the molecule is Cc1cc2c(cc1C)N(c1cccc(C(C)(C)C)c1)[CH-]N2c1[c-]c(Oc2[c-]c3c(cc2)c2ccccc2n3-c2cc(C(C)(C)C)ccn2)cc(C(C)(C)C)c1.[Pt]. The van der Waals surface area contributed by atoms with E-state index in [1.807, 2.05) is 12.3 Å². The topological polar surface area (TPSA) is 33.5 Å². The molecule has 0 atom stereocenters. The van der Waals surface area contributed by atoms with Crippen molar-refractivity contribution in [2.24, 2.45) is 0 Å². The summed E-state index contributed by atoms with van der Waals surface area (Å²) < 4.78 is 8.99. The molecule has 0 saturated carbocycles. The normalized spacial score (nSPS) is 13.3. The number of anilines is 4. The molecule has 5 aromatic carbocycles. The van der Waals surface area contributed by atoms with Crippen LogP contribution in [0, 0.1) is 32.6 Å². The fourth-order valence-electron chi connectivity index (χ4n) is 7.38. The molecule has 0 unspecified atom stereocenters. The molecule has 1 aliphatic heterocycles. The molecule has 7 aromatic rings. The van der Waals surface area contributed by atoms with Gasteiger partial charge in [0.15, 0.2) is 0 Å². The third kappa shape index (κ3) is 7.27. The first-order valence-electron chi connectivity index (χ1n) is 19.3. The number of ether oxygens (including phenoxy) is 1. The smallest absolute Gasteiger partial charge is 0.135 e. The molecule has 0 spiro atoms. The molecule has 5 nitrogen and oxygen atoms in total. The first kappa shape index (κ1) is 39.4. The van der Waals surface area contributed by atoms with Crippen molar-refractivity contribution in [3.63, 3.8) is 0 Å². The molecule has 56 heavy (non-hydrogen) atoms. The van der Waals surface area contributed by atoms with Crippen LogP contribution in [0.3, 0.4) is 0 Å². The van der Waals surface area contributed by atoms with Crippen molar-refractivity contribution in [3.8, 4) is 17.3 Å². The molecule has 0 fully saturated rings. The summed E-state index contributed by atoms with van der Waals surface area (Å²) in [6.07, 6.45) is 1.91. The maximum Gasteiger partial charge on any atom is 0.135 e. The van der Waals surface area contributed by atoms with Gasteiger partial charge in [-0.05, 0) is 100 Å². The largest absolute Gasteiger partial charge is 0.509 e. The standard InChI is InChI=1S/C50H51N4O.Pt/c1-32-23-45-46(24-33(32)2)53(31-52(45)37-16-14-15-34(25-37)48(3,4)5)38-26-36(50(9,10)11)27-40(29-38)55-39-19-20-42-41-17-12-13-18-43(41)54(44(42)30-39)47-28-35(21-22-51-47)49(6,7)8;/h12-28,31H,1-11H3;/q-3;. The van der Waals surface area contributed by atoms with Gasteiger partial charge in [-0.2, -0.15) is 6.07 Å². The Bertz CT molecular complexity index is 2600. The first-order chi connectivity index (χ1) is 26.0. The third-order valence-electron chi connectivity index (χ3n) is 10.9. The summed E-state index contributed by atoms with van der Waals surface area (Å²) in [7, 11) is 0. The molecule has 0 aliphatic carbocycles. The van der Waals surface area contributed by atoms with E-state index in [0.29, 0.717) is 11.5 Å². The Hall–Kier alpha value is -4.86. The summed E-state index contributed by atoms with van der Waals surface area (Å²) in [6.45, 7) is 26.8. The Morgan fingerprint density at radius 3 is 1.95 bits per heavy atom. The van der Waals surface area contributed by atoms with Gasteiger partial charge in [-0.25, -0.2) is 4.98 Å². The van der Waals surface area contributed by atoms with Crippen LogP contribution in [-0.2, 0) is 37.3 Å². The predicted molar refractivity (Wildman–Crippen MR) is 230 cm³/mol. The molecule has 0 bridgehead atoms. The van der Waals surface area contributed by atoms with Gasteiger partial charge in [0.1, 0.15) is 5.82 Å². The van der Waals surface area contributed by atoms with E-state index in [4.69, 9.17) is 9.72 Å². The van der Waals surface area contributed by atoms with Gasteiger partial charge in [0, 0.05) is 61.3 Å². The van der Waals surface area contributed by atoms with Crippen LogP contribution in [0.4, 0.5) is 22.7 Å². The zero-order chi connectivity index (χ0) is 39.0. The second-order valence-electron chi connectivity index (χ2n) is 18.1. The number of aryl methyl sites for hydroxylation is 2. The Balaban J connectivity index is 0.00000480. The van der Waals surface area contributed by atoms with Crippen molar-refractivity contribution in [1.82, 2.24) is 9.55 Å². The minimum absolute atomic E-state index is 0. The van der Waals surface area contributed by atoms with Crippen molar-refractivity contribution in [3.05, 3.63) is 150 Å². The molecule has 3 heterocycles. The monoisotopic (exact) mass is 918 g/mol. The van der Waals surface area contributed by atoms with Crippen LogP contribution in [0.2, 0.25) is 0 Å². The minimum atomic E-state index is -0.141. The third-order valence-corrected chi connectivity index (χ3v) is 10.9. The summed E-state index contributed by atoms with van der Waals surface area (Å²) in [6, 6.07) is 42.1. The van der Waals surface area contributed by atoms with Crippen molar-refractivity contribution >= 4 is 44.6 Å². The van der Waals surface area contributed by atoms with E-state index in [0.717, 1.165) is 55.9 Å². The second-order valence-corrected chi connectivity index (χ2v) is 18.1. The van der Waals surface area contributed by atoms with Crippen molar-refractivity contribution < 1.29 is 25.8 Å². The van der Waals surface area contributed by atoms with E-state index in [1.165, 1.54) is 22.3 Å². The molecular weight excluding hydrogens is 868 g/mol. The molecule has 8 rings (SSSR count). The van der Waals surface area contributed by atoms with Gasteiger partial charge in [-0.3, -0.25) is 0 Å². The summed E-state index contributed by atoms with van der Waals surface area (Å²) >= 11 is 0. The van der Waals surface area contributed by atoms with Crippen molar-refractivity contribution in [2.45, 2.75) is 92.4 Å². The number of hydrogen-bond donors (Lipinski definition) is 0. The number of hydrogen-bond acceptors (Lipinski definition) is 4. The zero-order valence-electron chi connectivity index (χ0n) is 34.4. The van der Waals surface area contributed by atoms with E-state index >= 15 is 0 Å². The van der Waals surface area contributed by atoms with E-state index in [-0.39, 0.29) is 37.3 Å². The van der Waals surface area contributed by atoms with E-state index in [2.05, 4.69) is 200 Å². The minimum Gasteiger partial charge on any atom is -0.509 e. The molecule has 0 saturated heterocycles. The van der Waals surface area contributed by atoms with Crippen molar-refractivity contribution in [2.75, 3.05) is 9.80 Å². The predicted octanol–water partition coefficient (Wildman–Crippen LogP) is 13.5. The fraction of sp³-hybridized carbons (Fsp3) is 0.280. The van der Waals surface area contributed by atoms with Crippen LogP contribution in [-0.4, -0.2) is 9.55 Å². The Morgan fingerprint density at radius 1 is 0.589 bits per heavy atom. The summed E-state index contributed by atoms with van der Waals surface area (Å²) in [5.74, 6) is 2.12. The first-order valence-corrected chi connectivity index (χ1v) is 19.3. The van der Waals surface area contributed by atoms with Crippen LogP contribution in [0.5, 0.6) is 11.5 Å². The molecule has 290 valence electrons. The molecular formula is C50H51N4OPt-3. The number of nitrogens with zero attached hydrogens (tertiary/aromatic N) is 4. The maximum absolute atomic E-state index is 6.78. The summed E-state index contributed by atoms with van der Waals surface area (Å²) in [5.41, 5.74) is 12.3. The number of pyridine rings is 1. The van der Waals surface area contributed by atoms with Gasteiger partial charge in [-0.15, -0.1) is 53.6 Å². The van der Waals surface area contributed by atoms with E-state index < -0.39 is 0 Å². The Morgan fingerprint density at radius 2 is 1.25 bits per heavy atom. The van der Waals surface area contributed by atoms with Gasteiger partial charge >= 0.3 is 0 Å². The maximum atomic E-state index is 6.78. The average Bonchev–Trinajstić information content (AvgIpc) is 3.66. The van der Waals surface area contributed by atoms with Gasteiger partial charge in [0.05, 0.1) is 0 Å². The quantitative estimate of drug-likeness (QED) is 0.161. The van der Waals surface area contributed by atoms with E-state index in [9.17, 15) is 0 Å². The molecule has 0 radical (unpaired) electrons. The van der Waals surface area contributed by atoms with Crippen LogP contribution < -0.4 is 14.5 Å². The Labute approximate surface area is 347 Å². The second kappa shape index (κ2) is 14.3. The van der Waals surface area contributed by atoms with Crippen LogP contribution >= 0.6 is 0 Å². The fourth-order valence-corrected chi connectivity index (χ4v) is 7.38. The zero-order valence-corrected chi connectivity index (χ0v) is 36.7. The Kier molecular flexibility index (Phi) is 10.0. The van der Waals surface area contributed by atoms with Crippen molar-refractivity contribution in [1.29, 1.82) is 0 Å². The molecule has 0 amide bonds. The van der Waals surface area contributed by atoms with Gasteiger partial charge in [-0.1, -0.05) is 98.2 Å². The van der Waals surface area contributed by atoms with Crippen LogP contribution in [0.15, 0.2) is 103 Å². The van der Waals surface area contributed by atoms with Gasteiger partial charge < -0.3 is 19.1 Å². The van der Waals surface area contributed by atoms with Crippen LogP contribution in [0.25, 0.3) is 27.6 Å². The average molecular weight is 919 g/mol.